The highest BCUT2D eigenvalue weighted by Gasteiger charge is 2.29. The van der Waals surface area contributed by atoms with Crippen LogP contribution in [0.3, 0.4) is 0 Å². The lowest BCUT2D eigenvalue weighted by molar-refractivity contribution is -0.117. The van der Waals surface area contributed by atoms with Gasteiger partial charge in [0, 0.05) is 11.7 Å². The third kappa shape index (κ3) is 4.20. The van der Waals surface area contributed by atoms with Gasteiger partial charge < -0.3 is 11.1 Å². The van der Waals surface area contributed by atoms with E-state index < -0.39 is 5.82 Å². The number of carbonyl (C=O) groups is 1. The Hall–Kier alpha value is -1.62. The molecule has 0 atom stereocenters. The van der Waals surface area contributed by atoms with Crippen LogP contribution in [0.4, 0.5) is 15.8 Å². The minimum atomic E-state index is -0.467. The quantitative estimate of drug-likeness (QED) is 0.754. The van der Waals surface area contributed by atoms with E-state index in [1.807, 2.05) is 0 Å². The van der Waals surface area contributed by atoms with Gasteiger partial charge in [-0.05, 0) is 44.0 Å². The first-order valence-electron chi connectivity index (χ1n) is 7.19. The van der Waals surface area contributed by atoms with Crippen LogP contribution < -0.4 is 11.1 Å². The summed E-state index contributed by atoms with van der Waals surface area (Å²) in [6, 6.07) is 4.80. The molecular weight excluding hydrogens is 257 g/mol. The molecule has 1 saturated carbocycles. The van der Waals surface area contributed by atoms with Crippen molar-refractivity contribution in [2.75, 3.05) is 24.1 Å². The van der Waals surface area contributed by atoms with Gasteiger partial charge in [-0.25, -0.2) is 4.39 Å². The summed E-state index contributed by atoms with van der Waals surface area (Å²) in [5.41, 5.74) is 6.08. The first-order valence-corrected chi connectivity index (χ1v) is 7.19. The molecule has 4 nitrogen and oxygen atoms in total. The van der Waals surface area contributed by atoms with E-state index in [1.54, 1.807) is 0 Å². The lowest BCUT2D eigenvalue weighted by atomic mass is 10.2. The average molecular weight is 279 g/mol. The second kappa shape index (κ2) is 6.70. The van der Waals surface area contributed by atoms with Crippen molar-refractivity contribution in [3.8, 4) is 0 Å². The summed E-state index contributed by atoms with van der Waals surface area (Å²) < 4.78 is 13.1. The molecule has 1 amide bonds. The summed E-state index contributed by atoms with van der Waals surface area (Å²) in [6.07, 6.45) is 4.59. The number of unbranched alkanes of at least 4 members (excludes halogenated alkanes) is 1. The SMILES string of the molecule is CCCCN(CC(=O)Nc1ccc(F)c(N)c1)C1CC1. The molecule has 0 bridgehead atoms. The number of hydrogen-bond donors (Lipinski definition) is 2. The summed E-state index contributed by atoms with van der Waals surface area (Å²) in [5, 5.41) is 2.77. The van der Waals surface area contributed by atoms with Crippen molar-refractivity contribution in [2.24, 2.45) is 0 Å². The summed E-state index contributed by atoms with van der Waals surface area (Å²) in [7, 11) is 0. The Labute approximate surface area is 119 Å². The summed E-state index contributed by atoms with van der Waals surface area (Å²) >= 11 is 0. The van der Waals surface area contributed by atoms with Crippen molar-refractivity contribution in [1.29, 1.82) is 0 Å². The second-order valence-corrected chi connectivity index (χ2v) is 5.34. The van der Waals surface area contributed by atoms with Crippen LogP contribution in [0, 0.1) is 5.82 Å². The van der Waals surface area contributed by atoms with Crippen LogP contribution in [0.1, 0.15) is 32.6 Å². The fourth-order valence-corrected chi connectivity index (χ4v) is 2.20. The molecule has 5 heteroatoms. The third-order valence-corrected chi connectivity index (χ3v) is 3.49. The number of halogens is 1. The van der Waals surface area contributed by atoms with E-state index in [9.17, 15) is 9.18 Å². The van der Waals surface area contributed by atoms with Crippen molar-refractivity contribution in [2.45, 2.75) is 38.6 Å². The van der Waals surface area contributed by atoms with Gasteiger partial charge in [0.05, 0.1) is 12.2 Å². The molecule has 0 aliphatic heterocycles. The normalized spacial score (nSPS) is 14.6. The van der Waals surface area contributed by atoms with Gasteiger partial charge in [0.25, 0.3) is 0 Å². The zero-order valence-electron chi connectivity index (χ0n) is 11.9. The van der Waals surface area contributed by atoms with Gasteiger partial charge in [-0.2, -0.15) is 0 Å². The van der Waals surface area contributed by atoms with Crippen LogP contribution in [0.2, 0.25) is 0 Å². The van der Waals surface area contributed by atoms with Crippen molar-refractivity contribution < 1.29 is 9.18 Å². The Kier molecular flexibility index (Phi) is 4.95. The maximum absolute atomic E-state index is 13.1. The fraction of sp³-hybridized carbons (Fsp3) is 0.533. The zero-order valence-corrected chi connectivity index (χ0v) is 11.9. The number of carbonyl (C=O) groups excluding carboxylic acids is 1. The molecule has 0 spiro atoms. The predicted molar refractivity (Wildman–Crippen MR) is 78.9 cm³/mol. The van der Waals surface area contributed by atoms with Crippen LogP contribution in [-0.2, 0) is 4.79 Å². The van der Waals surface area contributed by atoms with Gasteiger partial charge in [0.1, 0.15) is 5.82 Å². The summed E-state index contributed by atoms with van der Waals surface area (Å²) in [4.78, 5) is 14.3. The van der Waals surface area contributed by atoms with E-state index in [-0.39, 0.29) is 11.6 Å². The van der Waals surface area contributed by atoms with Gasteiger partial charge in [-0.1, -0.05) is 13.3 Å². The monoisotopic (exact) mass is 279 g/mol. The first kappa shape index (κ1) is 14.8. The van der Waals surface area contributed by atoms with Gasteiger partial charge in [-0.15, -0.1) is 0 Å². The lowest BCUT2D eigenvalue weighted by Gasteiger charge is -2.21. The molecule has 0 radical (unpaired) electrons. The molecular formula is C15H22FN3O. The molecule has 1 aromatic rings. The Morgan fingerprint density at radius 2 is 2.25 bits per heavy atom. The van der Waals surface area contributed by atoms with E-state index in [4.69, 9.17) is 5.73 Å². The van der Waals surface area contributed by atoms with Crippen molar-refractivity contribution >= 4 is 17.3 Å². The number of hydrogen-bond acceptors (Lipinski definition) is 3. The topological polar surface area (TPSA) is 58.4 Å². The van der Waals surface area contributed by atoms with E-state index in [2.05, 4.69) is 17.1 Å². The Morgan fingerprint density at radius 1 is 1.50 bits per heavy atom. The Bertz CT molecular complexity index is 474. The van der Waals surface area contributed by atoms with Crippen molar-refractivity contribution in [1.82, 2.24) is 4.90 Å². The highest BCUT2D eigenvalue weighted by molar-refractivity contribution is 5.92. The van der Waals surface area contributed by atoms with Crippen LogP contribution in [-0.4, -0.2) is 29.9 Å². The van der Waals surface area contributed by atoms with E-state index >= 15 is 0 Å². The number of benzene rings is 1. The molecule has 0 unspecified atom stereocenters. The van der Waals surface area contributed by atoms with Gasteiger partial charge in [0.2, 0.25) is 5.91 Å². The Morgan fingerprint density at radius 3 is 2.85 bits per heavy atom. The zero-order chi connectivity index (χ0) is 14.5. The van der Waals surface area contributed by atoms with Crippen LogP contribution >= 0.6 is 0 Å². The second-order valence-electron chi connectivity index (χ2n) is 5.34. The first-order chi connectivity index (χ1) is 9.60. The smallest absolute Gasteiger partial charge is 0.238 e. The fourth-order valence-electron chi connectivity index (χ4n) is 2.20. The molecule has 110 valence electrons. The van der Waals surface area contributed by atoms with Gasteiger partial charge in [0.15, 0.2) is 0 Å². The van der Waals surface area contributed by atoms with E-state index in [0.29, 0.717) is 18.3 Å². The molecule has 0 heterocycles. The molecule has 1 fully saturated rings. The summed E-state index contributed by atoms with van der Waals surface area (Å²) in [5.74, 6) is -0.537. The molecule has 20 heavy (non-hydrogen) atoms. The van der Waals surface area contributed by atoms with Crippen LogP contribution in [0.15, 0.2) is 18.2 Å². The maximum Gasteiger partial charge on any atom is 0.238 e. The number of anilines is 2. The molecule has 0 saturated heterocycles. The van der Waals surface area contributed by atoms with E-state index in [0.717, 1.165) is 19.4 Å². The third-order valence-electron chi connectivity index (χ3n) is 3.49. The predicted octanol–water partition coefficient (Wildman–Crippen LogP) is 2.61. The molecule has 2 rings (SSSR count). The largest absolute Gasteiger partial charge is 0.396 e. The molecule has 3 N–H and O–H groups in total. The maximum atomic E-state index is 13.1. The van der Waals surface area contributed by atoms with Crippen molar-refractivity contribution in [3.05, 3.63) is 24.0 Å². The summed E-state index contributed by atoms with van der Waals surface area (Å²) in [6.45, 7) is 3.49. The van der Waals surface area contributed by atoms with Crippen molar-refractivity contribution in [3.63, 3.8) is 0 Å². The number of nitrogens with two attached hydrogens (primary N) is 1. The minimum absolute atomic E-state index is 0.0489. The van der Waals surface area contributed by atoms with E-state index in [1.165, 1.54) is 31.0 Å². The Balaban J connectivity index is 1.88. The highest BCUT2D eigenvalue weighted by Crippen LogP contribution is 2.27. The minimum Gasteiger partial charge on any atom is -0.396 e. The number of nitrogens with one attached hydrogen (secondary N) is 1. The van der Waals surface area contributed by atoms with Gasteiger partial charge >= 0.3 is 0 Å². The average Bonchev–Trinajstić information content (AvgIpc) is 3.23. The molecule has 1 aromatic carbocycles. The number of amides is 1. The standard InChI is InChI=1S/C15H22FN3O/c1-2-3-8-19(12-5-6-12)10-15(20)18-11-4-7-13(16)14(17)9-11/h4,7,9,12H,2-3,5-6,8,10,17H2,1H3,(H,18,20). The molecule has 0 aromatic heterocycles. The van der Waals surface area contributed by atoms with Crippen LogP contribution in [0.5, 0.6) is 0 Å². The van der Waals surface area contributed by atoms with Crippen LogP contribution in [0.25, 0.3) is 0 Å². The molecule has 1 aliphatic carbocycles. The number of nitrogen functional groups attached to an aromatic ring is 1. The molecule has 1 aliphatic rings. The number of rotatable bonds is 7. The van der Waals surface area contributed by atoms with Gasteiger partial charge in [-0.3, -0.25) is 9.69 Å². The lowest BCUT2D eigenvalue weighted by Crippen LogP contribution is -2.35. The highest BCUT2D eigenvalue weighted by atomic mass is 19.1. The number of nitrogens with zero attached hydrogens (tertiary/aromatic N) is 1.